The number of hydrogen-bond acceptors (Lipinski definition) is 5. The standard InChI is InChI=1S/C19H20FN3O4S2/c1-22(2)29(25,26)15-7-4-13(5-8-15)18(24)21-19-23(10-11-27-3)16-9-6-14(20)12-17(16)28-19/h4-9,12H,10-11H2,1-3H3. The number of rotatable bonds is 6. The second-order valence-corrected chi connectivity index (χ2v) is 9.53. The molecule has 0 saturated heterocycles. The average Bonchev–Trinajstić information content (AvgIpc) is 3.02. The Balaban J connectivity index is 2.01. The normalized spacial score (nSPS) is 12.8. The Morgan fingerprint density at radius 2 is 1.90 bits per heavy atom. The van der Waals surface area contributed by atoms with E-state index in [1.165, 1.54) is 61.8 Å². The fraction of sp³-hybridized carbons (Fsp3) is 0.263. The molecular weight excluding hydrogens is 417 g/mol. The van der Waals surface area contributed by atoms with Crippen LogP contribution in [0.5, 0.6) is 0 Å². The van der Waals surface area contributed by atoms with Crippen molar-refractivity contribution in [2.45, 2.75) is 11.4 Å². The van der Waals surface area contributed by atoms with Gasteiger partial charge in [0, 0.05) is 33.3 Å². The smallest absolute Gasteiger partial charge is 0.279 e. The molecule has 2 aromatic carbocycles. The first kappa shape index (κ1) is 21.3. The molecule has 3 rings (SSSR count). The Labute approximate surface area is 171 Å². The van der Waals surface area contributed by atoms with Crippen LogP contribution in [0.15, 0.2) is 52.4 Å². The van der Waals surface area contributed by atoms with Gasteiger partial charge in [-0.2, -0.15) is 4.99 Å². The molecular formula is C19H20FN3O4S2. The van der Waals surface area contributed by atoms with Gasteiger partial charge in [-0.15, -0.1) is 0 Å². The van der Waals surface area contributed by atoms with Crippen molar-refractivity contribution < 1.29 is 22.3 Å². The molecule has 0 aliphatic heterocycles. The van der Waals surface area contributed by atoms with Gasteiger partial charge in [-0.25, -0.2) is 17.1 Å². The molecule has 1 heterocycles. The Kier molecular flexibility index (Phi) is 6.27. The minimum atomic E-state index is -3.58. The van der Waals surface area contributed by atoms with E-state index < -0.39 is 15.9 Å². The summed E-state index contributed by atoms with van der Waals surface area (Å²) < 4.78 is 46.6. The van der Waals surface area contributed by atoms with Gasteiger partial charge in [0.15, 0.2) is 4.80 Å². The molecule has 0 atom stereocenters. The lowest BCUT2D eigenvalue weighted by molar-refractivity contribution is 0.0997. The van der Waals surface area contributed by atoms with Crippen LogP contribution in [0.25, 0.3) is 10.2 Å². The van der Waals surface area contributed by atoms with Crippen molar-refractivity contribution in [2.24, 2.45) is 4.99 Å². The van der Waals surface area contributed by atoms with Gasteiger partial charge in [0.05, 0.1) is 21.7 Å². The monoisotopic (exact) mass is 437 g/mol. The number of ether oxygens (including phenoxy) is 1. The summed E-state index contributed by atoms with van der Waals surface area (Å²) in [4.78, 5) is 17.3. The fourth-order valence-electron chi connectivity index (χ4n) is 2.66. The molecule has 0 bridgehead atoms. The molecule has 1 aromatic heterocycles. The number of carbonyl (C=O) groups excluding carboxylic acids is 1. The molecule has 0 unspecified atom stereocenters. The summed E-state index contributed by atoms with van der Waals surface area (Å²) in [7, 11) is 0.867. The van der Waals surface area contributed by atoms with Crippen LogP contribution in [0.2, 0.25) is 0 Å². The number of benzene rings is 2. The van der Waals surface area contributed by atoms with Gasteiger partial charge in [0.1, 0.15) is 5.82 Å². The molecule has 0 radical (unpaired) electrons. The van der Waals surface area contributed by atoms with E-state index in [0.717, 1.165) is 9.82 Å². The largest absolute Gasteiger partial charge is 0.383 e. The molecule has 29 heavy (non-hydrogen) atoms. The highest BCUT2D eigenvalue weighted by Crippen LogP contribution is 2.19. The van der Waals surface area contributed by atoms with Crippen molar-refractivity contribution in [1.29, 1.82) is 0 Å². The maximum absolute atomic E-state index is 13.6. The molecule has 1 amide bonds. The molecule has 7 nitrogen and oxygen atoms in total. The summed E-state index contributed by atoms with van der Waals surface area (Å²) in [6.45, 7) is 0.857. The predicted molar refractivity (Wildman–Crippen MR) is 109 cm³/mol. The first-order chi connectivity index (χ1) is 13.7. The van der Waals surface area contributed by atoms with E-state index >= 15 is 0 Å². The number of fused-ring (bicyclic) bond motifs is 1. The van der Waals surface area contributed by atoms with Crippen LogP contribution in [0.4, 0.5) is 4.39 Å². The Bertz CT molecular complexity index is 1210. The van der Waals surface area contributed by atoms with Crippen molar-refractivity contribution in [2.75, 3.05) is 27.8 Å². The lowest BCUT2D eigenvalue weighted by Gasteiger charge is -2.11. The van der Waals surface area contributed by atoms with E-state index in [-0.39, 0.29) is 16.3 Å². The molecule has 0 saturated carbocycles. The average molecular weight is 438 g/mol. The molecule has 154 valence electrons. The fourth-order valence-corrected chi connectivity index (χ4v) is 4.64. The van der Waals surface area contributed by atoms with Gasteiger partial charge in [-0.05, 0) is 42.5 Å². The van der Waals surface area contributed by atoms with E-state index in [0.29, 0.717) is 22.7 Å². The summed E-state index contributed by atoms with van der Waals surface area (Å²) >= 11 is 1.20. The SMILES string of the molecule is COCCn1c(=NC(=O)c2ccc(S(=O)(=O)N(C)C)cc2)sc2cc(F)ccc21. The number of carbonyl (C=O) groups is 1. The van der Waals surface area contributed by atoms with Crippen LogP contribution >= 0.6 is 11.3 Å². The lowest BCUT2D eigenvalue weighted by Crippen LogP contribution is -2.22. The van der Waals surface area contributed by atoms with Crippen LogP contribution in [0.3, 0.4) is 0 Å². The summed E-state index contributed by atoms with van der Waals surface area (Å²) in [5, 5.41) is 0. The zero-order valence-electron chi connectivity index (χ0n) is 16.1. The summed E-state index contributed by atoms with van der Waals surface area (Å²) in [6.07, 6.45) is 0. The number of nitrogens with zero attached hydrogens (tertiary/aromatic N) is 3. The molecule has 0 spiro atoms. The van der Waals surface area contributed by atoms with E-state index in [4.69, 9.17) is 4.74 Å². The van der Waals surface area contributed by atoms with Crippen LogP contribution in [0, 0.1) is 5.82 Å². The summed E-state index contributed by atoms with van der Waals surface area (Å²) in [5.41, 5.74) is 1.01. The second kappa shape index (κ2) is 8.54. The number of methoxy groups -OCH3 is 1. The van der Waals surface area contributed by atoms with Gasteiger partial charge in [-0.3, -0.25) is 4.79 Å². The molecule has 0 fully saturated rings. The van der Waals surface area contributed by atoms with E-state index in [9.17, 15) is 17.6 Å². The number of thiazole rings is 1. The number of halogens is 1. The van der Waals surface area contributed by atoms with E-state index in [1.807, 2.05) is 0 Å². The second-order valence-electron chi connectivity index (χ2n) is 6.37. The first-order valence-corrected chi connectivity index (χ1v) is 10.9. The number of hydrogen-bond donors (Lipinski definition) is 0. The molecule has 0 N–H and O–H groups in total. The zero-order valence-corrected chi connectivity index (χ0v) is 17.8. The highest BCUT2D eigenvalue weighted by Gasteiger charge is 2.17. The number of amides is 1. The topological polar surface area (TPSA) is 81.0 Å². The minimum absolute atomic E-state index is 0.0894. The van der Waals surface area contributed by atoms with Crippen molar-refractivity contribution >= 4 is 37.5 Å². The van der Waals surface area contributed by atoms with Crippen LogP contribution in [0.1, 0.15) is 10.4 Å². The van der Waals surface area contributed by atoms with E-state index in [2.05, 4.69) is 4.99 Å². The quantitative estimate of drug-likeness (QED) is 0.593. The first-order valence-electron chi connectivity index (χ1n) is 8.63. The molecule has 0 aliphatic carbocycles. The van der Waals surface area contributed by atoms with Gasteiger partial charge in [0.2, 0.25) is 10.0 Å². The van der Waals surface area contributed by atoms with E-state index in [1.54, 1.807) is 17.7 Å². The van der Waals surface area contributed by atoms with Crippen molar-refractivity contribution in [1.82, 2.24) is 8.87 Å². The van der Waals surface area contributed by atoms with Crippen LogP contribution in [-0.4, -0.2) is 51.0 Å². The lowest BCUT2D eigenvalue weighted by atomic mass is 10.2. The summed E-state index contributed by atoms with van der Waals surface area (Å²) in [5.74, 6) is -0.884. The van der Waals surface area contributed by atoms with Crippen molar-refractivity contribution in [3.05, 3.63) is 58.6 Å². The van der Waals surface area contributed by atoms with Crippen molar-refractivity contribution in [3.63, 3.8) is 0 Å². The van der Waals surface area contributed by atoms with Gasteiger partial charge in [-0.1, -0.05) is 11.3 Å². The summed E-state index contributed by atoms with van der Waals surface area (Å²) in [6, 6.07) is 9.99. The van der Waals surface area contributed by atoms with Crippen LogP contribution in [-0.2, 0) is 21.3 Å². The third-order valence-corrected chi connectivity index (χ3v) is 7.11. The predicted octanol–water partition coefficient (Wildman–Crippen LogP) is 2.48. The molecule has 3 aromatic rings. The Morgan fingerprint density at radius 3 is 2.52 bits per heavy atom. The zero-order chi connectivity index (χ0) is 21.2. The molecule has 10 heteroatoms. The van der Waals surface area contributed by atoms with Crippen molar-refractivity contribution in [3.8, 4) is 0 Å². The minimum Gasteiger partial charge on any atom is -0.383 e. The highest BCUT2D eigenvalue weighted by molar-refractivity contribution is 7.89. The number of aromatic nitrogens is 1. The third-order valence-electron chi connectivity index (χ3n) is 4.24. The highest BCUT2D eigenvalue weighted by atomic mass is 32.2. The van der Waals surface area contributed by atoms with Gasteiger partial charge >= 0.3 is 0 Å². The third kappa shape index (κ3) is 4.45. The van der Waals surface area contributed by atoms with Gasteiger partial charge in [0.25, 0.3) is 5.91 Å². The Hall–Kier alpha value is -2.40. The maximum Gasteiger partial charge on any atom is 0.279 e. The van der Waals surface area contributed by atoms with Crippen LogP contribution < -0.4 is 4.80 Å². The molecule has 0 aliphatic rings. The number of sulfonamides is 1. The Morgan fingerprint density at radius 1 is 1.21 bits per heavy atom. The van der Waals surface area contributed by atoms with Gasteiger partial charge < -0.3 is 9.30 Å². The maximum atomic E-state index is 13.6.